The normalized spacial score (nSPS) is 21.7. The van der Waals surface area contributed by atoms with Crippen LogP contribution in [0.25, 0.3) is 10.2 Å². The van der Waals surface area contributed by atoms with Gasteiger partial charge in [-0.1, -0.05) is 11.3 Å². The van der Waals surface area contributed by atoms with E-state index in [2.05, 4.69) is 15.5 Å². The highest BCUT2D eigenvalue weighted by Gasteiger charge is 2.22. The molecular formula is C16H20N4O2S. The van der Waals surface area contributed by atoms with Gasteiger partial charge in [-0.05, 0) is 31.0 Å². The van der Waals surface area contributed by atoms with E-state index < -0.39 is 6.10 Å². The molecule has 6 nitrogen and oxygen atoms in total. The lowest BCUT2D eigenvalue weighted by molar-refractivity contribution is -0.128. The number of benzene rings is 1. The molecule has 1 aromatic heterocycles. The molecule has 0 aliphatic carbocycles. The number of rotatable bonds is 3. The lowest BCUT2D eigenvalue weighted by atomic mass is 10.2. The average molecular weight is 332 g/mol. The molecule has 1 unspecified atom stereocenters. The Morgan fingerprint density at radius 3 is 3.04 bits per heavy atom. The fourth-order valence-corrected chi connectivity index (χ4v) is 4.05. The number of aromatic nitrogens is 1. The van der Waals surface area contributed by atoms with Crippen molar-refractivity contribution in [2.75, 3.05) is 43.0 Å². The minimum atomic E-state index is -0.416. The Bertz CT molecular complexity index is 705. The van der Waals surface area contributed by atoms with Gasteiger partial charge in [-0.25, -0.2) is 4.98 Å². The van der Waals surface area contributed by atoms with Crippen LogP contribution in [-0.4, -0.2) is 49.8 Å². The standard InChI is InChI=1S/C16H20N4O2S/c21-15(13-10-17-5-8-22-13)18-11-3-4-12-14(9-11)23-16(19-12)20-6-1-2-7-20/h3-4,9,13,17H,1-2,5-8,10H2,(H,18,21). The zero-order valence-electron chi connectivity index (χ0n) is 12.9. The quantitative estimate of drug-likeness (QED) is 0.897. The maximum atomic E-state index is 12.2. The van der Waals surface area contributed by atoms with Gasteiger partial charge in [0, 0.05) is 31.9 Å². The third-order valence-electron chi connectivity index (χ3n) is 4.24. The first-order valence-electron chi connectivity index (χ1n) is 8.08. The lowest BCUT2D eigenvalue weighted by Crippen LogP contribution is -2.45. The molecule has 0 bridgehead atoms. The van der Waals surface area contributed by atoms with E-state index in [1.54, 1.807) is 11.3 Å². The van der Waals surface area contributed by atoms with E-state index in [1.165, 1.54) is 12.8 Å². The van der Waals surface area contributed by atoms with E-state index in [0.29, 0.717) is 13.2 Å². The number of fused-ring (bicyclic) bond motifs is 1. The second kappa shape index (κ2) is 6.43. The van der Waals surface area contributed by atoms with Crippen LogP contribution in [0.2, 0.25) is 0 Å². The molecule has 1 amide bonds. The molecular weight excluding hydrogens is 312 g/mol. The highest BCUT2D eigenvalue weighted by molar-refractivity contribution is 7.22. The molecule has 4 rings (SSSR count). The average Bonchev–Trinajstić information content (AvgIpc) is 3.24. The first-order valence-corrected chi connectivity index (χ1v) is 8.90. The minimum Gasteiger partial charge on any atom is -0.366 e. The van der Waals surface area contributed by atoms with E-state index in [4.69, 9.17) is 9.72 Å². The zero-order chi connectivity index (χ0) is 15.6. The van der Waals surface area contributed by atoms with Crippen molar-refractivity contribution in [3.63, 3.8) is 0 Å². The number of thiazole rings is 1. The number of carbonyl (C=O) groups is 1. The number of morpholine rings is 1. The number of hydrogen-bond donors (Lipinski definition) is 2. The maximum Gasteiger partial charge on any atom is 0.254 e. The van der Waals surface area contributed by atoms with Crippen LogP contribution in [0.4, 0.5) is 10.8 Å². The minimum absolute atomic E-state index is 0.0965. The predicted molar refractivity (Wildman–Crippen MR) is 92.3 cm³/mol. The number of amides is 1. The molecule has 3 heterocycles. The third-order valence-corrected chi connectivity index (χ3v) is 5.32. The molecule has 2 saturated heterocycles. The molecule has 1 atom stereocenters. The van der Waals surface area contributed by atoms with E-state index in [-0.39, 0.29) is 5.91 Å². The van der Waals surface area contributed by atoms with Crippen LogP contribution in [0, 0.1) is 0 Å². The van der Waals surface area contributed by atoms with Crippen molar-refractivity contribution in [1.29, 1.82) is 0 Å². The van der Waals surface area contributed by atoms with Crippen molar-refractivity contribution in [2.45, 2.75) is 18.9 Å². The Hall–Kier alpha value is -1.70. The zero-order valence-corrected chi connectivity index (χ0v) is 13.7. The van der Waals surface area contributed by atoms with Gasteiger partial charge in [0.05, 0.1) is 16.8 Å². The van der Waals surface area contributed by atoms with Crippen molar-refractivity contribution in [3.05, 3.63) is 18.2 Å². The Morgan fingerprint density at radius 1 is 1.39 bits per heavy atom. The van der Waals surface area contributed by atoms with Crippen LogP contribution in [0.15, 0.2) is 18.2 Å². The van der Waals surface area contributed by atoms with Crippen LogP contribution in [0.5, 0.6) is 0 Å². The number of carbonyl (C=O) groups excluding carboxylic acids is 1. The fourth-order valence-electron chi connectivity index (χ4n) is 2.99. The molecule has 2 aliphatic rings. The summed E-state index contributed by atoms with van der Waals surface area (Å²) in [5, 5.41) is 7.19. The Morgan fingerprint density at radius 2 is 2.26 bits per heavy atom. The molecule has 2 N–H and O–H groups in total. The molecule has 2 fully saturated rings. The van der Waals surface area contributed by atoms with Gasteiger partial charge < -0.3 is 20.3 Å². The largest absolute Gasteiger partial charge is 0.366 e. The van der Waals surface area contributed by atoms with Gasteiger partial charge in [-0.15, -0.1) is 0 Å². The smallest absolute Gasteiger partial charge is 0.254 e. The van der Waals surface area contributed by atoms with Gasteiger partial charge in [0.15, 0.2) is 5.13 Å². The number of nitrogens with one attached hydrogen (secondary N) is 2. The molecule has 1 aromatic carbocycles. The molecule has 23 heavy (non-hydrogen) atoms. The SMILES string of the molecule is O=C(Nc1ccc2nc(N3CCCC3)sc2c1)C1CNCCO1. The molecule has 0 radical (unpaired) electrons. The summed E-state index contributed by atoms with van der Waals surface area (Å²) in [6, 6.07) is 5.88. The molecule has 2 aromatic rings. The Kier molecular flexibility index (Phi) is 4.15. The molecule has 0 saturated carbocycles. The van der Waals surface area contributed by atoms with Crippen LogP contribution in [-0.2, 0) is 9.53 Å². The van der Waals surface area contributed by atoms with Gasteiger partial charge >= 0.3 is 0 Å². The van der Waals surface area contributed by atoms with Crippen LogP contribution in [0.3, 0.4) is 0 Å². The monoisotopic (exact) mass is 332 g/mol. The van der Waals surface area contributed by atoms with E-state index >= 15 is 0 Å². The molecule has 7 heteroatoms. The van der Waals surface area contributed by atoms with Gasteiger partial charge in [-0.2, -0.15) is 0 Å². The van der Waals surface area contributed by atoms with Crippen molar-refractivity contribution in [1.82, 2.24) is 10.3 Å². The summed E-state index contributed by atoms with van der Waals surface area (Å²) in [5.41, 5.74) is 1.79. The molecule has 122 valence electrons. The van der Waals surface area contributed by atoms with Crippen LogP contribution in [0.1, 0.15) is 12.8 Å². The Balaban J connectivity index is 1.50. The highest BCUT2D eigenvalue weighted by Crippen LogP contribution is 2.32. The molecule has 2 aliphatic heterocycles. The fraction of sp³-hybridized carbons (Fsp3) is 0.500. The van der Waals surface area contributed by atoms with E-state index in [0.717, 1.165) is 40.7 Å². The van der Waals surface area contributed by atoms with Crippen molar-refractivity contribution < 1.29 is 9.53 Å². The van der Waals surface area contributed by atoms with E-state index in [1.807, 2.05) is 18.2 Å². The summed E-state index contributed by atoms with van der Waals surface area (Å²) in [6.45, 7) is 4.12. The summed E-state index contributed by atoms with van der Waals surface area (Å²) in [7, 11) is 0. The second-order valence-corrected chi connectivity index (χ2v) is 6.94. The van der Waals surface area contributed by atoms with Crippen molar-refractivity contribution in [3.8, 4) is 0 Å². The van der Waals surface area contributed by atoms with E-state index in [9.17, 15) is 4.79 Å². The first kappa shape index (κ1) is 14.9. The first-order chi connectivity index (χ1) is 11.3. The lowest BCUT2D eigenvalue weighted by Gasteiger charge is -2.22. The topological polar surface area (TPSA) is 66.5 Å². The maximum absolute atomic E-state index is 12.2. The summed E-state index contributed by atoms with van der Waals surface area (Å²) < 4.78 is 6.58. The van der Waals surface area contributed by atoms with Gasteiger partial charge in [0.25, 0.3) is 5.91 Å². The van der Waals surface area contributed by atoms with Crippen molar-refractivity contribution in [2.24, 2.45) is 0 Å². The summed E-state index contributed by atoms with van der Waals surface area (Å²) in [6.07, 6.45) is 2.07. The van der Waals surface area contributed by atoms with Gasteiger partial charge in [0.1, 0.15) is 6.10 Å². The Labute approximate surface area is 138 Å². The second-order valence-electron chi connectivity index (χ2n) is 5.93. The van der Waals surface area contributed by atoms with Crippen molar-refractivity contribution >= 4 is 38.3 Å². The van der Waals surface area contributed by atoms with Crippen LogP contribution < -0.4 is 15.5 Å². The summed E-state index contributed by atoms with van der Waals surface area (Å²) >= 11 is 1.69. The number of hydrogen-bond acceptors (Lipinski definition) is 6. The number of ether oxygens (including phenoxy) is 1. The molecule has 0 spiro atoms. The van der Waals surface area contributed by atoms with Gasteiger partial charge in [-0.3, -0.25) is 4.79 Å². The van der Waals surface area contributed by atoms with Crippen LogP contribution >= 0.6 is 11.3 Å². The highest BCUT2D eigenvalue weighted by atomic mass is 32.1. The third kappa shape index (κ3) is 3.17. The summed E-state index contributed by atoms with van der Waals surface area (Å²) in [5.74, 6) is -0.0965. The van der Waals surface area contributed by atoms with Gasteiger partial charge in [0.2, 0.25) is 0 Å². The predicted octanol–water partition coefficient (Wildman–Crippen LogP) is 1.82. The number of nitrogens with zero attached hydrogens (tertiary/aromatic N) is 2. The number of anilines is 2. The summed E-state index contributed by atoms with van der Waals surface area (Å²) in [4.78, 5) is 19.3.